The molecule has 102 valence electrons. The number of carboxylic acid groups (broad SMARTS) is 1. The maximum absolute atomic E-state index is 11.7. The van der Waals surface area contributed by atoms with Gasteiger partial charge in [0.25, 0.3) is 0 Å². The molecule has 0 saturated heterocycles. The minimum atomic E-state index is -5.08. The molecule has 17 heavy (non-hydrogen) atoms. The number of hydrogen-bond donors (Lipinski definition) is 1. The predicted octanol–water partition coefficient (Wildman–Crippen LogP) is 1.97. The van der Waals surface area contributed by atoms with Crippen molar-refractivity contribution >= 4 is 12.1 Å². The summed E-state index contributed by atoms with van der Waals surface area (Å²) in [6, 6.07) is 0. The van der Waals surface area contributed by atoms with Crippen LogP contribution in [0.4, 0.5) is 31.1 Å². The van der Waals surface area contributed by atoms with Gasteiger partial charge in [0.1, 0.15) is 0 Å². The lowest BCUT2D eigenvalue weighted by Crippen LogP contribution is -2.26. The zero-order valence-electron chi connectivity index (χ0n) is 8.06. The summed E-state index contributed by atoms with van der Waals surface area (Å²) in [4.78, 5) is 18.8. The van der Waals surface area contributed by atoms with Gasteiger partial charge in [0.2, 0.25) is 0 Å². The number of rotatable bonds is 2. The molecule has 11 heteroatoms. The number of alkyl halides is 6. The van der Waals surface area contributed by atoms with E-state index in [1.54, 1.807) is 0 Å². The third-order valence-electron chi connectivity index (χ3n) is 0.797. The normalized spacial score (nSPS) is 11.0. The highest BCUT2D eigenvalue weighted by atomic mass is 19.4. The van der Waals surface area contributed by atoms with Crippen molar-refractivity contribution in [3.63, 3.8) is 0 Å². The molecule has 0 spiro atoms. The van der Waals surface area contributed by atoms with Gasteiger partial charge >= 0.3 is 24.4 Å². The summed E-state index contributed by atoms with van der Waals surface area (Å²) >= 11 is 0. The van der Waals surface area contributed by atoms with E-state index in [9.17, 15) is 31.1 Å². The van der Waals surface area contributed by atoms with Gasteiger partial charge in [-0.15, -0.1) is 0 Å². The van der Waals surface area contributed by atoms with Crippen molar-refractivity contribution in [3.8, 4) is 0 Å². The van der Waals surface area contributed by atoms with E-state index in [1.807, 2.05) is 0 Å². The van der Waals surface area contributed by atoms with Crippen LogP contribution in [0.2, 0.25) is 0 Å². The van der Waals surface area contributed by atoms with Crippen LogP contribution >= 0.6 is 0 Å². The number of carboxylic acids is 1. The molecular formula is C6H6F6O5. The number of methoxy groups -OCH3 is 1. The Morgan fingerprint density at radius 2 is 1.53 bits per heavy atom. The minimum Gasteiger partial charge on any atom is -0.475 e. The summed E-state index contributed by atoms with van der Waals surface area (Å²) in [6.45, 7) is -2.05. The van der Waals surface area contributed by atoms with E-state index in [4.69, 9.17) is 9.90 Å². The lowest BCUT2D eigenvalue weighted by atomic mass is 10.7. The van der Waals surface area contributed by atoms with Gasteiger partial charge in [-0.05, 0) is 0 Å². The molecular weight excluding hydrogens is 266 g/mol. The van der Waals surface area contributed by atoms with Crippen molar-refractivity contribution < 1.29 is 50.5 Å². The SMILES string of the molecule is COC(=O)OC(F)(F)CF.O=C(O)C(F)(F)F. The van der Waals surface area contributed by atoms with Crippen LogP contribution in [0.5, 0.6) is 0 Å². The zero-order chi connectivity index (χ0) is 14.3. The molecule has 0 aliphatic heterocycles. The molecule has 0 aliphatic rings. The van der Waals surface area contributed by atoms with Crippen LogP contribution in [-0.4, -0.2) is 43.3 Å². The predicted molar refractivity (Wildman–Crippen MR) is 38.1 cm³/mol. The van der Waals surface area contributed by atoms with Crippen molar-refractivity contribution in [1.82, 2.24) is 0 Å². The summed E-state index contributed by atoms with van der Waals surface area (Å²) in [6.07, 6.45) is -10.8. The standard InChI is InChI=1S/C4H5F3O3.C2HF3O2/c1-9-3(8)10-4(6,7)2-5;3-2(4,5)1(6)7/h2H2,1H3;(H,6,7). The average molecular weight is 272 g/mol. The number of hydrogen-bond acceptors (Lipinski definition) is 4. The first kappa shape index (κ1) is 17.7. The molecule has 0 aromatic carbocycles. The Hall–Kier alpha value is -1.68. The first-order valence-electron chi connectivity index (χ1n) is 3.47. The second-order valence-corrected chi connectivity index (χ2v) is 2.13. The van der Waals surface area contributed by atoms with Gasteiger partial charge in [-0.25, -0.2) is 14.0 Å². The molecule has 0 rings (SSSR count). The molecule has 0 aromatic rings. The van der Waals surface area contributed by atoms with Crippen molar-refractivity contribution in [2.75, 3.05) is 13.8 Å². The Balaban J connectivity index is 0. The largest absolute Gasteiger partial charge is 0.512 e. The highest BCUT2D eigenvalue weighted by Crippen LogP contribution is 2.15. The van der Waals surface area contributed by atoms with E-state index in [0.717, 1.165) is 7.11 Å². The fourth-order valence-corrected chi connectivity index (χ4v) is 0.191. The Labute approximate surface area is 89.9 Å². The maximum Gasteiger partial charge on any atom is 0.512 e. The highest BCUT2D eigenvalue weighted by molar-refractivity contribution is 5.73. The molecule has 0 atom stereocenters. The third kappa shape index (κ3) is 10.6. The minimum absolute atomic E-state index is 0.844. The first-order valence-corrected chi connectivity index (χ1v) is 3.47. The maximum atomic E-state index is 11.7. The van der Waals surface area contributed by atoms with Crippen LogP contribution in [-0.2, 0) is 14.3 Å². The Kier molecular flexibility index (Phi) is 7.09. The van der Waals surface area contributed by atoms with Gasteiger partial charge in [0.15, 0.2) is 6.67 Å². The van der Waals surface area contributed by atoms with Crippen LogP contribution < -0.4 is 0 Å². The van der Waals surface area contributed by atoms with Gasteiger partial charge in [0, 0.05) is 0 Å². The highest BCUT2D eigenvalue weighted by Gasteiger charge is 2.38. The third-order valence-corrected chi connectivity index (χ3v) is 0.797. The lowest BCUT2D eigenvalue weighted by molar-refractivity contribution is -0.217. The topological polar surface area (TPSA) is 72.8 Å². The molecule has 1 N–H and O–H groups in total. The quantitative estimate of drug-likeness (QED) is 0.614. The average Bonchev–Trinajstić information content (AvgIpc) is 2.16. The van der Waals surface area contributed by atoms with E-state index in [1.165, 1.54) is 0 Å². The Morgan fingerprint density at radius 3 is 1.71 bits per heavy atom. The molecule has 0 fully saturated rings. The fraction of sp³-hybridized carbons (Fsp3) is 0.667. The second-order valence-electron chi connectivity index (χ2n) is 2.13. The summed E-state index contributed by atoms with van der Waals surface area (Å²) in [7, 11) is 0.844. The van der Waals surface area contributed by atoms with E-state index >= 15 is 0 Å². The molecule has 0 saturated carbocycles. The first-order chi connectivity index (χ1) is 7.46. The monoisotopic (exact) mass is 272 g/mol. The van der Waals surface area contributed by atoms with Crippen LogP contribution in [0.25, 0.3) is 0 Å². The van der Waals surface area contributed by atoms with Gasteiger partial charge < -0.3 is 14.6 Å². The van der Waals surface area contributed by atoms with Gasteiger partial charge in [-0.3, -0.25) is 0 Å². The van der Waals surface area contributed by atoms with Crippen molar-refractivity contribution in [2.24, 2.45) is 0 Å². The fourth-order valence-electron chi connectivity index (χ4n) is 0.191. The van der Waals surface area contributed by atoms with Crippen LogP contribution in [0.3, 0.4) is 0 Å². The summed E-state index contributed by atoms with van der Waals surface area (Å²) in [5, 5.41) is 7.12. The van der Waals surface area contributed by atoms with Crippen LogP contribution in [0, 0.1) is 0 Å². The van der Waals surface area contributed by atoms with Gasteiger partial charge in [-0.2, -0.15) is 22.0 Å². The number of ether oxygens (including phenoxy) is 2. The van der Waals surface area contributed by atoms with Crippen molar-refractivity contribution in [3.05, 3.63) is 0 Å². The van der Waals surface area contributed by atoms with Gasteiger partial charge in [-0.1, -0.05) is 0 Å². The number of carbonyl (C=O) groups excluding carboxylic acids is 1. The number of carbonyl (C=O) groups is 2. The molecule has 0 aliphatic carbocycles. The van der Waals surface area contributed by atoms with Crippen LogP contribution in [0.15, 0.2) is 0 Å². The van der Waals surface area contributed by atoms with Crippen LogP contribution in [0.1, 0.15) is 0 Å². The molecule has 0 unspecified atom stereocenters. The van der Waals surface area contributed by atoms with Crippen molar-refractivity contribution in [1.29, 1.82) is 0 Å². The molecule has 0 aromatic heterocycles. The van der Waals surface area contributed by atoms with E-state index in [2.05, 4.69) is 9.47 Å². The smallest absolute Gasteiger partial charge is 0.475 e. The number of aliphatic carboxylic acids is 1. The summed E-state index contributed by atoms with van der Waals surface area (Å²) < 4.78 is 73.2. The molecule has 0 amide bonds. The zero-order valence-corrected chi connectivity index (χ0v) is 8.06. The van der Waals surface area contributed by atoms with Crippen molar-refractivity contribution in [2.45, 2.75) is 12.3 Å². The Bertz CT molecular complexity index is 262. The lowest BCUT2D eigenvalue weighted by Gasteiger charge is -2.10. The molecule has 5 nitrogen and oxygen atoms in total. The second kappa shape index (κ2) is 6.81. The Morgan fingerprint density at radius 1 is 1.18 bits per heavy atom. The number of halogens is 6. The summed E-state index contributed by atoms with van der Waals surface area (Å²) in [5.74, 6) is -2.76. The summed E-state index contributed by atoms with van der Waals surface area (Å²) in [5.41, 5.74) is 0. The van der Waals surface area contributed by atoms with E-state index in [-0.39, 0.29) is 0 Å². The van der Waals surface area contributed by atoms with Gasteiger partial charge in [0.05, 0.1) is 7.11 Å². The van der Waals surface area contributed by atoms with E-state index < -0.39 is 31.1 Å². The molecule has 0 bridgehead atoms. The molecule has 0 radical (unpaired) electrons. The molecule has 0 heterocycles. The van der Waals surface area contributed by atoms with E-state index in [0.29, 0.717) is 0 Å².